The maximum atomic E-state index is 12.6. The van der Waals surface area contributed by atoms with Crippen molar-refractivity contribution in [2.24, 2.45) is 0 Å². The zero-order valence-corrected chi connectivity index (χ0v) is 17.8. The number of carbonyl (C=O) groups excluding carboxylic acids is 1. The number of benzene rings is 1. The molecule has 3 aromatic rings. The van der Waals surface area contributed by atoms with E-state index in [1.807, 2.05) is 61.2 Å². The SMILES string of the molecule is Cc1cccc(C)c1NC(=O)CSc1nnc(C2CCCCC2)n1-n1cccc1. The van der Waals surface area contributed by atoms with E-state index in [-0.39, 0.29) is 11.7 Å². The molecule has 0 unspecified atom stereocenters. The summed E-state index contributed by atoms with van der Waals surface area (Å²) in [6, 6.07) is 10.0. The van der Waals surface area contributed by atoms with Gasteiger partial charge in [0.1, 0.15) is 0 Å². The second-order valence-corrected chi connectivity index (χ2v) is 8.60. The average Bonchev–Trinajstić information content (AvgIpc) is 3.39. The van der Waals surface area contributed by atoms with Crippen molar-refractivity contribution in [3.63, 3.8) is 0 Å². The fraction of sp³-hybridized carbons (Fsp3) is 0.409. The number of anilines is 1. The molecule has 1 aliphatic rings. The van der Waals surface area contributed by atoms with Crippen LogP contribution < -0.4 is 5.32 Å². The molecule has 1 aromatic carbocycles. The number of hydrogen-bond acceptors (Lipinski definition) is 4. The quantitative estimate of drug-likeness (QED) is 0.595. The first-order chi connectivity index (χ1) is 14.1. The molecular weight excluding hydrogens is 382 g/mol. The van der Waals surface area contributed by atoms with Crippen LogP contribution in [0.15, 0.2) is 47.9 Å². The van der Waals surface area contributed by atoms with Crippen molar-refractivity contribution in [1.82, 2.24) is 19.5 Å². The third kappa shape index (κ3) is 4.40. The first-order valence-corrected chi connectivity index (χ1v) is 11.2. The number of rotatable bonds is 6. The van der Waals surface area contributed by atoms with Crippen LogP contribution in [0.3, 0.4) is 0 Å². The summed E-state index contributed by atoms with van der Waals surface area (Å²) < 4.78 is 4.07. The van der Waals surface area contributed by atoms with Crippen molar-refractivity contribution in [3.05, 3.63) is 59.7 Å². The number of para-hydroxylation sites is 1. The fourth-order valence-corrected chi connectivity index (χ4v) is 4.72. The van der Waals surface area contributed by atoms with Crippen molar-refractivity contribution in [1.29, 1.82) is 0 Å². The molecule has 7 heteroatoms. The van der Waals surface area contributed by atoms with Gasteiger partial charge in [-0.15, -0.1) is 10.2 Å². The van der Waals surface area contributed by atoms with Gasteiger partial charge in [0.25, 0.3) is 0 Å². The molecule has 0 saturated heterocycles. The van der Waals surface area contributed by atoms with Gasteiger partial charge in [0.15, 0.2) is 5.82 Å². The van der Waals surface area contributed by atoms with E-state index in [0.29, 0.717) is 5.92 Å². The number of aryl methyl sites for hydroxylation is 2. The van der Waals surface area contributed by atoms with E-state index in [1.165, 1.54) is 31.0 Å². The highest BCUT2D eigenvalue weighted by Gasteiger charge is 2.24. The Morgan fingerprint density at radius 2 is 1.76 bits per heavy atom. The molecule has 4 rings (SSSR count). The van der Waals surface area contributed by atoms with Crippen LogP contribution in [0, 0.1) is 13.8 Å². The van der Waals surface area contributed by atoms with Crippen molar-refractivity contribution >= 4 is 23.4 Å². The Morgan fingerprint density at radius 3 is 2.45 bits per heavy atom. The largest absolute Gasteiger partial charge is 0.325 e. The lowest BCUT2D eigenvalue weighted by Crippen LogP contribution is -2.19. The first-order valence-electron chi connectivity index (χ1n) is 10.2. The molecule has 29 heavy (non-hydrogen) atoms. The predicted octanol–water partition coefficient (Wildman–Crippen LogP) is 4.79. The predicted molar refractivity (Wildman–Crippen MR) is 116 cm³/mol. The average molecular weight is 410 g/mol. The molecule has 0 spiro atoms. The Kier molecular flexibility index (Phi) is 6.04. The zero-order chi connectivity index (χ0) is 20.2. The fourth-order valence-electron chi connectivity index (χ4n) is 3.98. The summed E-state index contributed by atoms with van der Waals surface area (Å²) in [4.78, 5) is 12.6. The molecule has 1 amide bonds. The summed E-state index contributed by atoms with van der Waals surface area (Å²) in [5.74, 6) is 1.68. The maximum absolute atomic E-state index is 12.6. The summed E-state index contributed by atoms with van der Waals surface area (Å²) in [6.45, 7) is 4.02. The van der Waals surface area contributed by atoms with Gasteiger partial charge < -0.3 is 5.32 Å². The highest BCUT2D eigenvalue weighted by Crippen LogP contribution is 2.33. The summed E-state index contributed by atoms with van der Waals surface area (Å²) in [6.07, 6.45) is 10.1. The third-order valence-electron chi connectivity index (χ3n) is 5.50. The van der Waals surface area contributed by atoms with Gasteiger partial charge in [-0.25, -0.2) is 4.68 Å². The molecule has 6 nitrogen and oxygen atoms in total. The number of aromatic nitrogens is 4. The highest BCUT2D eigenvalue weighted by molar-refractivity contribution is 7.99. The van der Waals surface area contributed by atoms with Crippen LogP contribution in [0.2, 0.25) is 0 Å². The Labute approximate surface area is 175 Å². The number of nitrogens with zero attached hydrogens (tertiary/aromatic N) is 4. The minimum atomic E-state index is -0.0336. The van der Waals surface area contributed by atoms with Gasteiger partial charge in [-0.2, -0.15) is 0 Å². The lowest BCUT2D eigenvalue weighted by Gasteiger charge is -2.22. The van der Waals surface area contributed by atoms with Crippen LogP contribution in [0.5, 0.6) is 0 Å². The molecule has 1 saturated carbocycles. The van der Waals surface area contributed by atoms with Crippen LogP contribution in [0.25, 0.3) is 0 Å². The van der Waals surface area contributed by atoms with Crippen molar-refractivity contribution in [2.45, 2.75) is 57.0 Å². The van der Waals surface area contributed by atoms with E-state index >= 15 is 0 Å². The molecule has 1 aliphatic carbocycles. The van der Waals surface area contributed by atoms with Crippen LogP contribution in [0.4, 0.5) is 5.69 Å². The molecular formula is C22H27N5OS. The normalized spacial score (nSPS) is 14.8. The van der Waals surface area contributed by atoms with Crippen LogP contribution in [-0.4, -0.2) is 31.2 Å². The second-order valence-electron chi connectivity index (χ2n) is 7.65. The van der Waals surface area contributed by atoms with Gasteiger partial charge in [0, 0.05) is 24.0 Å². The van der Waals surface area contributed by atoms with E-state index < -0.39 is 0 Å². The third-order valence-corrected chi connectivity index (χ3v) is 6.42. The van der Waals surface area contributed by atoms with Crippen molar-refractivity contribution in [2.75, 3.05) is 11.1 Å². The van der Waals surface area contributed by atoms with E-state index in [1.54, 1.807) is 0 Å². The monoisotopic (exact) mass is 409 g/mol. The van der Waals surface area contributed by atoms with E-state index in [4.69, 9.17) is 0 Å². The number of nitrogens with one attached hydrogen (secondary N) is 1. The standard InChI is InChI=1S/C22H27N5OS/c1-16-9-8-10-17(2)20(16)23-19(28)15-29-22-25-24-21(18-11-4-3-5-12-18)27(22)26-13-6-7-14-26/h6-10,13-14,18H,3-5,11-12,15H2,1-2H3,(H,23,28). The molecule has 2 aromatic heterocycles. The summed E-state index contributed by atoms with van der Waals surface area (Å²) >= 11 is 1.43. The number of carbonyl (C=O) groups is 1. The molecule has 0 aliphatic heterocycles. The first kappa shape index (κ1) is 19.8. The molecule has 1 fully saturated rings. The molecule has 0 bridgehead atoms. The van der Waals surface area contributed by atoms with Crippen LogP contribution in [0.1, 0.15) is 55.0 Å². The van der Waals surface area contributed by atoms with Crippen LogP contribution >= 0.6 is 11.8 Å². The van der Waals surface area contributed by atoms with Crippen molar-refractivity contribution < 1.29 is 4.79 Å². The van der Waals surface area contributed by atoms with E-state index in [0.717, 1.165) is 40.6 Å². The topological polar surface area (TPSA) is 64.7 Å². The summed E-state index contributed by atoms with van der Waals surface area (Å²) in [5.41, 5.74) is 3.03. The minimum Gasteiger partial charge on any atom is -0.325 e. The Hall–Kier alpha value is -2.54. The molecule has 0 atom stereocenters. The number of thioether (sulfide) groups is 1. The van der Waals surface area contributed by atoms with Gasteiger partial charge in [-0.1, -0.05) is 49.2 Å². The Bertz CT molecular complexity index is 953. The molecule has 1 N–H and O–H groups in total. The zero-order valence-electron chi connectivity index (χ0n) is 17.0. The highest BCUT2D eigenvalue weighted by atomic mass is 32.2. The van der Waals surface area contributed by atoms with Gasteiger partial charge in [-0.3, -0.25) is 9.47 Å². The Balaban J connectivity index is 1.51. The van der Waals surface area contributed by atoms with E-state index in [2.05, 4.69) is 20.2 Å². The van der Waals surface area contributed by atoms with Gasteiger partial charge >= 0.3 is 0 Å². The van der Waals surface area contributed by atoms with Gasteiger partial charge in [-0.05, 0) is 49.9 Å². The lowest BCUT2D eigenvalue weighted by atomic mass is 9.89. The second kappa shape index (κ2) is 8.86. The Morgan fingerprint density at radius 1 is 1.07 bits per heavy atom. The molecule has 0 radical (unpaired) electrons. The maximum Gasteiger partial charge on any atom is 0.234 e. The van der Waals surface area contributed by atoms with Gasteiger partial charge in [0.2, 0.25) is 11.1 Å². The summed E-state index contributed by atoms with van der Waals surface area (Å²) in [7, 11) is 0. The number of hydrogen-bond donors (Lipinski definition) is 1. The van der Waals surface area contributed by atoms with Crippen LogP contribution in [-0.2, 0) is 4.79 Å². The van der Waals surface area contributed by atoms with Gasteiger partial charge in [0.05, 0.1) is 5.75 Å². The van der Waals surface area contributed by atoms with E-state index in [9.17, 15) is 4.79 Å². The smallest absolute Gasteiger partial charge is 0.234 e. The molecule has 152 valence electrons. The summed E-state index contributed by atoms with van der Waals surface area (Å²) in [5, 5.41) is 12.8. The lowest BCUT2D eigenvalue weighted by molar-refractivity contribution is -0.113. The molecule has 2 heterocycles. The number of amides is 1. The minimum absolute atomic E-state index is 0.0336. The van der Waals surface area contributed by atoms with Crippen molar-refractivity contribution in [3.8, 4) is 0 Å².